The molecular formula is C14H21ClN2O. The zero-order chi connectivity index (χ0) is 13.2. The van der Waals surface area contributed by atoms with Gasteiger partial charge in [0.05, 0.1) is 0 Å². The van der Waals surface area contributed by atoms with E-state index in [0.29, 0.717) is 13.0 Å². The molecule has 1 aliphatic carbocycles. The van der Waals surface area contributed by atoms with Gasteiger partial charge in [-0.2, -0.15) is 0 Å². The Balaban J connectivity index is 0.000000184. The van der Waals surface area contributed by atoms with Crippen molar-refractivity contribution >= 4 is 16.8 Å². The van der Waals surface area contributed by atoms with Crippen molar-refractivity contribution in [2.75, 3.05) is 0 Å². The first kappa shape index (κ1) is 15.1. The van der Waals surface area contributed by atoms with E-state index in [2.05, 4.69) is 4.98 Å². The van der Waals surface area contributed by atoms with Crippen molar-refractivity contribution in [3.05, 3.63) is 30.1 Å². The third-order valence-electron chi connectivity index (χ3n) is 3.18. The lowest BCUT2D eigenvalue weighted by atomic mass is 10.0. The molecule has 4 heteroatoms. The van der Waals surface area contributed by atoms with Gasteiger partial charge in [0.15, 0.2) is 0 Å². The Hall–Kier alpha value is -0.930. The average molecular weight is 269 g/mol. The molecule has 0 spiro atoms. The van der Waals surface area contributed by atoms with E-state index in [4.69, 9.17) is 17.3 Å². The minimum Gasteiger partial charge on any atom is -0.326 e. The highest BCUT2D eigenvalue weighted by molar-refractivity contribution is 6.63. The van der Waals surface area contributed by atoms with Crippen molar-refractivity contribution in [1.29, 1.82) is 0 Å². The molecule has 0 aliphatic heterocycles. The lowest BCUT2D eigenvalue weighted by molar-refractivity contribution is -0.111. The number of nitrogens with two attached hydrogens (primary N) is 1. The van der Waals surface area contributed by atoms with Crippen molar-refractivity contribution in [3.63, 3.8) is 0 Å². The summed E-state index contributed by atoms with van der Waals surface area (Å²) in [7, 11) is 0. The van der Waals surface area contributed by atoms with Crippen molar-refractivity contribution in [2.45, 2.75) is 45.1 Å². The van der Waals surface area contributed by atoms with E-state index in [9.17, 15) is 4.79 Å². The Morgan fingerprint density at radius 3 is 2.61 bits per heavy atom. The molecule has 0 atom stereocenters. The summed E-state index contributed by atoms with van der Waals surface area (Å²) in [5.41, 5.74) is 6.39. The first-order chi connectivity index (χ1) is 8.72. The second-order valence-corrected chi connectivity index (χ2v) is 5.03. The van der Waals surface area contributed by atoms with Crippen LogP contribution < -0.4 is 5.73 Å². The first-order valence-corrected chi connectivity index (χ1v) is 6.87. The number of hydrogen-bond donors (Lipinski definition) is 1. The third kappa shape index (κ3) is 6.72. The summed E-state index contributed by atoms with van der Waals surface area (Å²) in [4.78, 5) is 14.2. The van der Waals surface area contributed by atoms with E-state index in [1.165, 1.54) is 25.7 Å². The normalized spacial score (nSPS) is 15.0. The largest absolute Gasteiger partial charge is 0.326 e. The molecule has 3 nitrogen and oxygen atoms in total. The summed E-state index contributed by atoms with van der Waals surface area (Å²) in [6.45, 7) is 0.577. The van der Waals surface area contributed by atoms with Crippen LogP contribution in [-0.4, -0.2) is 10.2 Å². The van der Waals surface area contributed by atoms with Gasteiger partial charge < -0.3 is 5.73 Å². The number of carbonyl (C=O) groups is 1. The Kier molecular flexibility index (Phi) is 7.62. The van der Waals surface area contributed by atoms with Gasteiger partial charge in [-0.05, 0) is 35.6 Å². The molecule has 0 amide bonds. The molecule has 1 saturated carbocycles. The maximum absolute atomic E-state index is 10.4. The number of carbonyl (C=O) groups excluding carboxylic acids is 1. The van der Waals surface area contributed by atoms with Crippen LogP contribution in [-0.2, 0) is 11.3 Å². The molecule has 2 N–H and O–H groups in total. The second kappa shape index (κ2) is 9.06. The summed E-state index contributed by atoms with van der Waals surface area (Å²) < 4.78 is 0. The summed E-state index contributed by atoms with van der Waals surface area (Å²) >= 11 is 5.22. The molecule has 1 aromatic rings. The van der Waals surface area contributed by atoms with Gasteiger partial charge in [-0.15, -0.1) is 0 Å². The quantitative estimate of drug-likeness (QED) is 0.853. The van der Waals surface area contributed by atoms with E-state index in [-0.39, 0.29) is 5.24 Å². The third-order valence-corrected chi connectivity index (χ3v) is 3.37. The van der Waals surface area contributed by atoms with Crippen LogP contribution in [0.15, 0.2) is 24.5 Å². The second-order valence-electron chi connectivity index (χ2n) is 4.61. The number of pyridine rings is 1. The predicted molar refractivity (Wildman–Crippen MR) is 74.2 cm³/mol. The van der Waals surface area contributed by atoms with Crippen molar-refractivity contribution in [2.24, 2.45) is 11.7 Å². The fraction of sp³-hybridized carbons (Fsp3) is 0.571. The highest BCUT2D eigenvalue weighted by Gasteiger charge is 2.15. The predicted octanol–water partition coefficient (Wildman–Crippen LogP) is 3.26. The van der Waals surface area contributed by atoms with Crippen LogP contribution in [0.3, 0.4) is 0 Å². The first-order valence-electron chi connectivity index (χ1n) is 6.49. The summed E-state index contributed by atoms with van der Waals surface area (Å²) in [6, 6.07) is 3.83. The molecule has 1 fully saturated rings. The topological polar surface area (TPSA) is 56.0 Å². The zero-order valence-corrected chi connectivity index (χ0v) is 11.4. The molecule has 0 saturated heterocycles. The van der Waals surface area contributed by atoms with Crippen molar-refractivity contribution in [1.82, 2.24) is 4.98 Å². The number of halogens is 1. The van der Waals surface area contributed by atoms with Crippen molar-refractivity contribution < 1.29 is 4.79 Å². The minimum atomic E-state index is -0.174. The van der Waals surface area contributed by atoms with Gasteiger partial charge in [0, 0.05) is 25.4 Å². The van der Waals surface area contributed by atoms with Crippen LogP contribution in [0.25, 0.3) is 0 Å². The van der Waals surface area contributed by atoms with Crippen molar-refractivity contribution in [3.8, 4) is 0 Å². The highest BCUT2D eigenvalue weighted by Crippen LogP contribution is 2.28. The fourth-order valence-electron chi connectivity index (χ4n) is 2.14. The summed E-state index contributed by atoms with van der Waals surface area (Å²) in [6.07, 6.45) is 10.4. The maximum atomic E-state index is 10.4. The monoisotopic (exact) mass is 268 g/mol. The standard InChI is InChI=1S/C8H13ClO.C6H8N2/c9-8(10)6-5-7-3-1-2-4-7;7-4-6-2-1-3-8-5-6/h7H,1-6H2;1-3,5H,4,7H2. The molecule has 0 aromatic carbocycles. The molecule has 0 bridgehead atoms. The van der Waals surface area contributed by atoms with Gasteiger partial charge in [0.2, 0.25) is 5.24 Å². The molecule has 100 valence electrons. The van der Waals surface area contributed by atoms with Gasteiger partial charge in [-0.3, -0.25) is 9.78 Å². The zero-order valence-electron chi connectivity index (χ0n) is 10.6. The van der Waals surface area contributed by atoms with Gasteiger partial charge in [0.25, 0.3) is 0 Å². The lowest BCUT2D eigenvalue weighted by Crippen LogP contribution is -1.95. The molecule has 1 heterocycles. The summed E-state index contributed by atoms with van der Waals surface area (Å²) in [5.74, 6) is 0.794. The SMILES string of the molecule is NCc1cccnc1.O=C(Cl)CCC1CCCC1. The van der Waals surface area contributed by atoms with Crippen LogP contribution >= 0.6 is 11.6 Å². The molecule has 1 aromatic heterocycles. The molecular weight excluding hydrogens is 248 g/mol. The van der Waals surface area contributed by atoms with Crippen LogP contribution in [0.4, 0.5) is 0 Å². The van der Waals surface area contributed by atoms with Gasteiger partial charge in [0.1, 0.15) is 0 Å². The number of hydrogen-bond acceptors (Lipinski definition) is 3. The molecule has 18 heavy (non-hydrogen) atoms. The lowest BCUT2D eigenvalue weighted by Gasteiger charge is -2.04. The minimum absolute atomic E-state index is 0.174. The van der Waals surface area contributed by atoms with E-state index < -0.39 is 0 Å². The molecule has 1 aliphatic rings. The molecule has 0 unspecified atom stereocenters. The molecule has 2 rings (SSSR count). The van der Waals surface area contributed by atoms with E-state index >= 15 is 0 Å². The summed E-state index contributed by atoms with van der Waals surface area (Å²) in [5, 5.41) is -0.174. The number of aromatic nitrogens is 1. The van der Waals surface area contributed by atoms with E-state index in [0.717, 1.165) is 17.9 Å². The Morgan fingerprint density at radius 1 is 1.44 bits per heavy atom. The van der Waals surface area contributed by atoms with E-state index in [1.807, 2.05) is 12.1 Å². The van der Waals surface area contributed by atoms with Gasteiger partial charge in [-0.1, -0.05) is 31.7 Å². The van der Waals surface area contributed by atoms with E-state index in [1.54, 1.807) is 12.4 Å². The van der Waals surface area contributed by atoms with Gasteiger partial charge >= 0.3 is 0 Å². The smallest absolute Gasteiger partial charge is 0.221 e. The Labute approximate surface area is 114 Å². The fourth-order valence-corrected chi connectivity index (χ4v) is 2.24. The molecule has 0 radical (unpaired) electrons. The van der Waals surface area contributed by atoms with Crippen LogP contribution in [0.1, 0.15) is 44.1 Å². The Morgan fingerprint density at radius 2 is 2.17 bits per heavy atom. The van der Waals surface area contributed by atoms with Crippen LogP contribution in [0.2, 0.25) is 0 Å². The Bertz CT molecular complexity index is 337. The highest BCUT2D eigenvalue weighted by atomic mass is 35.5. The average Bonchev–Trinajstić information content (AvgIpc) is 2.91. The van der Waals surface area contributed by atoms with Crippen LogP contribution in [0, 0.1) is 5.92 Å². The van der Waals surface area contributed by atoms with Gasteiger partial charge in [-0.25, -0.2) is 0 Å². The maximum Gasteiger partial charge on any atom is 0.221 e. The number of nitrogens with zero attached hydrogens (tertiary/aromatic N) is 1. The number of rotatable bonds is 4. The van der Waals surface area contributed by atoms with Crippen LogP contribution in [0.5, 0.6) is 0 Å².